The maximum Gasteiger partial charge on any atom is 0.243 e. The van der Waals surface area contributed by atoms with Crippen LogP contribution in [0, 0.1) is 18.6 Å². The molecule has 4 aromatic rings. The fraction of sp³-hybridized carbons (Fsp3) is 0.0833. The van der Waals surface area contributed by atoms with Crippen molar-refractivity contribution in [1.82, 2.24) is 9.71 Å². The molecule has 1 heterocycles. The van der Waals surface area contributed by atoms with Crippen molar-refractivity contribution in [2.24, 2.45) is 0 Å². The van der Waals surface area contributed by atoms with E-state index in [0.717, 1.165) is 23.8 Å². The number of nitrogens with zero attached hydrogens (tertiary/aromatic N) is 1. The smallest absolute Gasteiger partial charge is 0.243 e. The molecule has 4 rings (SSSR count). The van der Waals surface area contributed by atoms with Crippen LogP contribution in [0.25, 0.3) is 0 Å². The Morgan fingerprint density at radius 1 is 1.03 bits per heavy atom. The molecule has 0 bridgehead atoms. The van der Waals surface area contributed by atoms with Crippen LogP contribution in [0.5, 0.6) is 0 Å². The quantitative estimate of drug-likeness (QED) is 0.326. The molecular formula is C24H19F2N3O3S2. The lowest BCUT2D eigenvalue weighted by atomic mass is 10.0. The predicted molar refractivity (Wildman–Crippen MR) is 127 cm³/mol. The van der Waals surface area contributed by atoms with Gasteiger partial charge in [-0.3, -0.25) is 4.79 Å². The number of thiazole rings is 1. The second kappa shape index (κ2) is 9.80. The Hall–Kier alpha value is -3.47. The number of carbonyl (C=O) groups excluding carboxylic acids is 1. The fourth-order valence-corrected chi connectivity index (χ4v) is 5.12. The largest absolute Gasteiger partial charge is 0.332 e. The third-order valence-corrected chi connectivity index (χ3v) is 7.30. The van der Waals surface area contributed by atoms with Gasteiger partial charge in [0, 0.05) is 17.8 Å². The van der Waals surface area contributed by atoms with Gasteiger partial charge in [0.1, 0.15) is 4.90 Å². The Kier molecular flexibility index (Phi) is 6.82. The van der Waals surface area contributed by atoms with Gasteiger partial charge in [-0.25, -0.2) is 26.9 Å². The van der Waals surface area contributed by atoms with E-state index in [4.69, 9.17) is 0 Å². The van der Waals surface area contributed by atoms with Gasteiger partial charge in [-0.15, -0.1) is 0 Å². The number of aryl methyl sites for hydroxylation is 1. The highest BCUT2D eigenvalue weighted by Gasteiger charge is 2.21. The molecule has 0 unspecified atom stereocenters. The Morgan fingerprint density at radius 3 is 2.59 bits per heavy atom. The summed E-state index contributed by atoms with van der Waals surface area (Å²) in [5.41, 5.74) is 2.70. The molecule has 0 amide bonds. The van der Waals surface area contributed by atoms with Gasteiger partial charge in [0.25, 0.3) is 0 Å². The average Bonchev–Trinajstić information content (AvgIpc) is 3.28. The summed E-state index contributed by atoms with van der Waals surface area (Å²) >= 11 is 1.20. The highest BCUT2D eigenvalue weighted by molar-refractivity contribution is 7.89. The van der Waals surface area contributed by atoms with Crippen molar-refractivity contribution >= 4 is 38.0 Å². The topological polar surface area (TPSA) is 88.2 Å². The van der Waals surface area contributed by atoms with Crippen LogP contribution in [0.3, 0.4) is 0 Å². The molecule has 3 aromatic carbocycles. The number of nitrogens with one attached hydrogen (secondary N) is 2. The summed E-state index contributed by atoms with van der Waals surface area (Å²) in [5, 5.41) is 3.60. The first kappa shape index (κ1) is 23.7. The monoisotopic (exact) mass is 499 g/mol. The number of rotatable bonds is 8. The van der Waals surface area contributed by atoms with Crippen molar-refractivity contribution in [2.75, 3.05) is 5.32 Å². The molecule has 0 aliphatic heterocycles. The van der Waals surface area contributed by atoms with E-state index in [1.165, 1.54) is 17.5 Å². The third-order valence-electron chi connectivity index (χ3n) is 4.97. The van der Waals surface area contributed by atoms with Crippen LogP contribution in [-0.4, -0.2) is 19.2 Å². The van der Waals surface area contributed by atoms with E-state index in [9.17, 15) is 22.0 Å². The number of carbonyl (C=O) groups is 1. The summed E-state index contributed by atoms with van der Waals surface area (Å²) in [4.78, 5) is 16.7. The van der Waals surface area contributed by atoms with Crippen LogP contribution in [0.4, 0.5) is 19.6 Å². The minimum absolute atomic E-state index is 0.114. The van der Waals surface area contributed by atoms with E-state index in [0.29, 0.717) is 26.8 Å². The summed E-state index contributed by atoms with van der Waals surface area (Å²) in [5.74, 6) is -2.78. The number of halogens is 2. The molecule has 0 saturated carbocycles. The fourth-order valence-electron chi connectivity index (χ4n) is 3.23. The van der Waals surface area contributed by atoms with E-state index >= 15 is 0 Å². The molecule has 6 nitrogen and oxygen atoms in total. The summed E-state index contributed by atoms with van der Waals surface area (Å²) in [6.45, 7) is 1.73. The van der Waals surface area contributed by atoms with E-state index in [1.54, 1.807) is 30.3 Å². The van der Waals surface area contributed by atoms with Crippen molar-refractivity contribution in [3.05, 3.63) is 106 Å². The Bertz CT molecular complexity index is 1470. The molecule has 0 fully saturated rings. The van der Waals surface area contributed by atoms with E-state index in [2.05, 4.69) is 15.0 Å². The number of anilines is 2. The summed E-state index contributed by atoms with van der Waals surface area (Å²) in [6, 6.07) is 17.1. The maximum absolute atomic E-state index is 13.9. The summed E-state index contributed by atoms with van der Waals surface area (Å²) in [7, 11) is -4.25. The van der Waals surface area contributed by atoms with Crippen molar-refractivity contribution in [3.8, 4) is 0 Å². The zero-order chi connectivity index (χ0) is 24.3. The molecule has 34 heavy (non-hydrogen) atoms. The van der Waals surface area contributed by atoms with Gasteiger partial charge in [-0.2, -0.15) is 0 Å². The number of hydrogen-bond donors (Lipinski definition) is 2. The van der Waals surface area contributed by atoms with Gasteiger partial charge in [0.15, 0.2) is 16.8 Å². The van der Waals surface area contributed by atoms with Gasteiger partial charge in [0.05, 0.1) is 11.1 Å². The highest BCUT2D eigenvalue weighted by Crippen LogP contribution is 2.26. The molecule has 174 valence electrons. The summed E-state index contributed by atoms with van der Waals surface area (Å²) in [6.07, 6.45) is 1.51. The standard InChI is InChI=1S/C24H19F2N3O3S2/c1-15-6-2-3-9-18(15)23(30)20-14-27-24(33-20)29-17-8-4-7-16(12-17)13-28-34(31,32)21-11-5-10-19(25)22(21)26/h2-12,14,28H,13H2,1H3,(H,27,29). The zero-order valence-corrected chi connectivity index (χ0v) is 19.5. The Balaban J connectivity index is 1.45. The molecule has 1 aromatic heterocycles. The van der Waals surface area contributed by atoms with Crippen molar-refractivity contribution < 1.29 is 22.0 Å². The molecular weight excluding hydrogens is 480 g/mol. The first-order valence-corrected chi connectivity index (χ1v) is 12.4. The van der Waals surface area contributed by atoms with Crippen LogP contribution in [0.15, 0.2) is 77.8 Å². The lowest BCUT2D eigenvalue weighted by Gasteiger charge is -2.09. The van der Waals surface area contributed by atoms with Crippen molar-refractivity contribution in [1.29, 1.82) is 0 Å². The molecule has 0 saturated heterocycles. The van der Waals surface area contributed by atoms with Crippen molar-refractivity contribution in [2.45, 2.75) is 18.4 Å². The Labute approximate surface area is 199 Å². The Morgan fingerprint density at radius 2 is 1.79 bits per heavy atom. The van der Waals surface area contributed by atoms with Gasteiger partial charge in [0.2, 0.25) is 15.8 Å². The molecule has 2 N–H and O–H groups in total. The first-order valence-electron chi connectivity index (χ1n) is 10.1. The van der Waals surface area contributed by atoms with Crippen molar-refractivity contribution in [3.63, 3.8) is 0 Å². The first-order chi connectivity index (χ1) is 16.2. The normalized spacial score (nSPS) is 11.4. The lowest BCUT2D eigenvalue weighted by molar-refractivity contribution is 0.104. The number of sulfonamides is 1. The number of hydrogen-bond acceptors (Lipinski definition) is 6. The van der Waals surface area contributed by atoms with Gasteiger partial charge in [-0.1, -0.05) is 53.8 Å². The summed E-state index contributed by atoms with van der Waals surface area (Å²) < 4.78 is 54.3. The molecule has 0 spiro atoms. The third kappa shape index (κ3) is 5.19. The van der Waals surface area contributed by atoms with Gasteiger partial charge >= 0.3 is 0 Å². The van der Waals surface area contributed by atoms with Crippen LogP contribution >= 0.6 is 11.3 Å². The number of aromatic nitrogens is 1. The number of benzene rings is 3. The average molecular weight is 500 g/mol. The molecule has 0 atom stereocenters. The highest BCUT2D eigenvalue weighted by atomic mass is 32.2. The molecule has 10 heteroatoms. The second-order valence-electron chi connectivity index (χ2n) is 7.38. The predicted octanol–water partition coefficient (Wildman–Crippen LogP) is 5.18. The van der Waals surface area contributed by atoms with Crippen LogP contribution in [0.2, 0.25) is 0 Å². The number of ketones is 1. The van der Waals surface area contributed by atoms with Gasteiger partial charge < -0.3 is 5.32 Å². The van der Waals surface area contributed by atoms with Gasteiger partial charge in [-0.05, 0) is 42.3 Å². The second-order valence-corrected chi connectivity index (χ2v) is 10.1. The zero-order valence-electron chi connectivity index (χ0n) is 17.9. The minimum atomic E-state index is -4.25. The minimum Gasteiger partial charge on any atom is -0.332 e. The lowest BCUT2D eigenvalue weighted by Crippen LogP contribution is -2.24. The van der Waals surface area contributed by atoms with Crippen LogP contribution in [-0.2, 0) is 16.6 Å². The molecule has 0 radical (unpaired) electrons. The molecule has 0 aliphatic rings. The van der Waals surface area contributed by atoms with E-state index < -0.39 is 26.6 Å². The van der Waals surface area contributed by atoms with Crippen LogP contribution in [0.1, 0.15) is 26.4 Å². The van der Waals surface area contributed by atoms with E-state index in [1.807, 2.05) is 25.1 Å². The van der Waals surface area contributed by atoms with E-state index in [-0.39, 0.29) is 12.3 Å². The molecule has 0 aliphatic carbocycles. The SMILES string of the molecule is Cc1ccccc1C(=O)c1cnc(Nc2cccc(CNS(=O)(=O)c3cccc(F)c3F)c2)s1. The maximum atomic E-state index is 13.9. The van der Waals surface area contributed by atoms with Crippen LogP contribution < -0.4 is 10.0 Å².